The van der Waals surface area contributed by atoms with Crippen LogP contribution in [0.1, 0.15) is 41.4 Å². The minimum absolute atomic E-state index is 0.0190. The van der Waals surface area contributed by atoms with Crippen LogP contribution in [0.3, 0.4) is 0 Å². The number of carbonyl (C=O) groups is 1. The fraction of sp³-hybridized carbons (Fsp3) is 0.263. The molecule has 0 aliphatic carbocycles. The van der Waals surface area contributed by atoms with Gasteiger partial charge in [-0.25, -0.2) is 0 Å². The van der Waals surface area contributed by atoms with Gasteiger partial charge in [0.05, 0.1) is 6.42 Å². The van der Waals surface area contributed by atoms with E-state index >= 15 is 0 Å². The molecule has 130 valence electrons. The van der Waals surface area contributed by atoms with Gasteiger partial charge in [0.1, 0.15) is 17.0 Å². The Bertz CT molecular complexity index is 823. The molecule has 1 atom stereocenters. The number of furan rings is 1. The van der Waals surface area contributed by atoms with Gasteiger partial charge in [0.2, 0.25) is 0 Å². The predicted molar refractivity (Wildman–Crippen MR) is 87.4 cm³/mol. The first-order chi connectivity index (χ1) is 11.9. The number of hydrogen-bond acceptors (Lipinski definition) is 3. The van der Waals surface area contributed by atoms with E-state index in [-0.39, 0.29) is 30.1 Å². The van der Waals surface area contributed by atoms with Crippen molar-refractivity contribution in [1.82, 2.24) is 4.98 Å². The van der Waals surface area contributed by atoms with Crippen LogP contribution in [0.2, 0.25) is 0 Å². The standard InChI is InChI=1S/C19H16F3NO2/c20-19(21,22)12-14(8-9-16(24)15-6-3-4-10-23-15)18-11-13-5-1-2-7-17(13)25-18/h1-7,10-11,14H,8-9,12H2. The van der Waals surface area contributed by atoms with Crippen LogP contribution in [-0.4, -0.2) is 16.9 Å². The lowest BCUT2D eigenvalue weighted by atomic mass is 9.94. The summed E-state index contributed by atoms with van der Waals surface area (Å²) in [6.45, 7) is 0. The van der Waals surface area contributed by atoms with Gasteiger partial charge < -0.3 is 4.42 Å². The van der Waals surface area contributed by atoms with Crippen LogP contribution in [0, 0.1) is 0 Å². The van der Waals surface area contributed by atoms with Crippen LogP contribution in [0.15, 0.2) is 59.1 Å². The monoisotopic (exact) mass is 347 g/mol. The van der Waals surface area contributed by atoms with E-state index in [0.717, 1.165) is 5.39 Å². The summed E-state index contributed by atoms with van der Waals surface area (Å²) >= 11 is 0. The smallest absolute Gasteiger partial charge is 0.389 e. The highest BCUT2D eigenvalue weighted by Crippen LogP contribution is 2.37. The highest BCUT2D eigenvalue weighted by atomic mass is 19.4. The summed E-state index contributed by atoms with van der Waals surface area (Å²) in [6.07, 6.45) is -3.84. The number of alkyl halides is 3. The average molecular weight is 347 g/mol. The van der Waals surface area contributed by atoms with Gasteiger partial charge in [0, 0.05) is 23.9 Å². The minimum atomic E-state index is -4.34. The number of nitrogens with zero attached hydrogens (tertiary/aromatic N) is 1. The molecular formula is C19H16F3NO2. The summed E-state index contributed by atoms with van der Waals surface area (Å²) in [4.78, 5) is 16.1. The van der Waals surface area contributed by atoms with Gasteiger partial charge in [-0.05, 0) is 30.7 Å². The molecule has 1 unspecified atom stereocenters. The molecule has 25 heavy (non-hydrogen) atoms. The lowest BCUT2D eigenvalue weighted by molar-refractivity contribution is -0.140. The number of halogens is 3. The number of pyridine rings is 1. The molecule has 2 aromatic heterocycles. The molecule has 0 fully saturated rings. The topological polar surface area (TPSA) is 43.1 Å². The molecule has 0 aliphatic heterocycles. The van der Waals surface area contributed by atoms with Gasteiger partial charge >= 0.3 is 6.18 Å². The third-order valence-corrected chi connectivity index (χ3v) is 4.00. The molecule has 0 radical (unpaired) electrons. The van der Waals surface area contributed by atoms with E-state index in [1.54, 1.807) is 48.5 Å². The summed E-state index contributed by atoms with van der Waals surface area (Å²) in [5, 5.41) is 0.751. The molecule has 0 amide bonds. The van der Waals surface area contributed by atoms with Crippen molar-refractivity contribution in [2.75, 3.05) is 0 Å². The SMILES string of the molecule is O=C(CCC(CC(F)(F)F)c1cc2ccccc2o1)c1ccccn1. The summed E-state index contributed by atoms with van der Waals surface area (Å²) < 4.78 is 44.5. The Kier molecular flexibility index (Phi) is 4.88. The first kappa shape index (κ1) is 17.2. The van der Waals surface area contributed by atoms with Crippen LogP contribution in [0.4, 0.5) is 13.2 Å². The molecule has 0 saturated carbocycles. The Balaban J connectivity index is 1.78. The maximum Gasteiger partial charge on any atom is 0.389 e. The lowest BCUT2D eigenvalue weighted by Crippen LogP contribution is -2.15. The van der Waals surface area contributed by atoms with E-state index < -0.39 is 18.5 Å². The lowest BCUT2D eigenvalue weighted by Gasteiger charge is -2.16. The number of para-hydroxylation sites is 1. The molecule has 0 aliphatic rings. The molecule has 6 heteroatoms. The van der Waals surface area contributed by atoms with Gasteiger partial charge in [-0.2, -0.15) is 13.2 Å². The van der Waals surface area contributed by atoms with Crippen LogP contribution >= 0.6 is 0 Å². The van der Waals surface area contributed by atoms with Crippen molar-refractivity contribution in [1.29, 1.82) is 0 Å². The highest BCUT2D eigenvalue weighted by molar-refractivity contribution is 5.94. The third kappa shape index (κ3) is 4.47. The molecule has 2 heterocycles. The maximum absolute atomic E-state index is 13.0. The van der Waals surface area contributed by atoms with E-state index in [4.69, 9.17) is 4.42 Å². The normalized spacial score (nSPS) is 13.1. The first-order valence-corrected chi connectivity index (χ1v) is 7.92. The molecule has 3 nitrogen and oxygen atoms in total. The third-order valence-electron chi connectivity index (χ3n) is 4.00. The Labute approximate surface area is 142 Å². The molecule has 3 aromatic rings. The first-order valence-electron chi connectivity index (χ1n) is 7.92. The van der Waals surface area contributed by atoms with Crippen LogP contribution in [0.25, 0.3) is 11.0 Å². The molecular weight excluding hydrogens is 331 g/mol. The molecule has 1 aromatic carbocycles. The Morgan fingerprint density at radius 3 is 2.56 bits per heavy atom. The number of carbonyl (C=O) groups excluding carboxylic acids is 1. The van der Waals surface area contributed by atoms with Gasteiger partial charge in [-0.15, -0.1) is 0 Å². The van der Waals surface area contributed by atoms with Gasteiger partial charge in [0.25, 0.3) is 0 Å². The average Bonchev–Trinajstić information content (AvgIpc) is 3.02. The zero-order valence-electron chi connectivity index (χ0n) is 13.3. The number of ketones is 1. The second kappa shape index (κ2) is 7.09. The largest absolute Gasteiger partial charge is 0.461 e. The summed E-state index contributed by atoms with van der Waals surface area (Å²) in [5.41, 5.74) is 0.804. The van der Waals surface area contributed by atoms with E-state index in [2.05, 4.69) is 4.98 Å². The Hall–Kier alpha value is -2.63. The number of hydrogen-bond donors (Lipinski definition) is 0. The van der Waals surface area contributed by atoms with E-state index in [0.29, 0.717) is 5.58 Å². The van der Waals surface area contributed by atoms with Crippen molar-refractivity contribution in [2.45, 2.75) is 31.4 Å². The molecule has 0 spiro atoms. The van der Waals surface area contributed by atoms with Crippen molar-refractivity contribution in [2.24, 2.45) is 0 Å². The highest BCUT2D eigenvalue weighted by Gasteiger charge is 2.34. The molecule has 0 bridgehead atoms. The zero-order valence-corrected chi connectivity index (χ0v) is 13.3. The minimum Gasteiger partial charge on any atom is -0.461 e. The Morgan fingerprint density at radius 2 is 1.88 bits per heavy atom. The fourth-order valence-electron chi connectivity index (χ4n) is 2.79. The van der Waals surface area contributed by atoms with Gasteiger partial charge in [0.15, 0.2) is 5.78 Å². The van der Waals surface area contributed by atoms with Gasteiger partial charge in [-0.1, -0.05) is 24.3 Å². The summed E-state index contributed by atoms with van der Waals surface area (Å²) in [6, 6.07) is 13.6. The van der Waals surface area contributed by atoms with Crippen LogP contribution in [-0.2, 0) is 0 Å². The number of benzene rings is 1. The summed E-state index contributed by atoms with van der Waals surface area (Å²) in [7, 11) is 0. The number of rotatable bonds is 6. The molecule has 0 N–H and O–H groups in total. The van der Waals surface area contributed by atoms with E-state index in [1.807, 2.05) is 0 Å². The quantitative estimate of drug-likeness (QED) is 0.551. The van der Waals surface area contributed by atoms with Crippen molar-refractivity contribution >= 4 is 16.8 Å². The summed E-state index contributed by atoms with van der Waals surface area (Å²) in [5.74, 6) is -0.920. The zero-order chi connectivity index (χ0) is 17.9. The predicted octanol–water partition coefficient (Wildman–Crippen LogP) is 5.53. The molecule has 0 saturated heterocycles. The van der Waals surface area contributed by atoms with Gasteiger partial charge in [-0.3, -0.25) is 9.78 Å². The molecule has 3 rings (SSSR count). The van der Waals surface area contributed by atoms with Crippen LogP contribution in [0.5, 0.6) is 0 Å². The van der Waals surface area contributed by atoms with Crippen molar-refractivity contribution < 1.29 is 22.4 Å². The Morgan fingerprint density at radius 1 is 1.12 bits per heavy atom. The van der Waals surface area contributed by atoms with E-state index in [9.17, 15) is 18.0 Å². The van der Waals surface area contributed by atoms with Crippen molar-refractivity contribution in [3.05, 3.63) is 66.2 Å². The number of Topliss-reactive ketones (excluding diaryl/α,β-unsaturated/α-hetero) is 1. The van der Waals surface area contributed by atoms with Crippen molar-refractivity contribution in [3.8, 4) is 0 Å². The number of aromatic nitrogens is 1. The second-order valence-electron chi connectivity index (χ2n) is 5.88. The van der Waals surface area contributed by atoms with Crippen molar-refractivity contribution in [3.63, 3.8) is 0 Å². The maximum atomic E-state index is 13.0. The number of fused-ring (bicyclic) bond motifs is 1. The fourth-order valence-corrected chi connectivity index (χ4v) is 2.79. The van der Waals surface area contributed by atoms with E-state index in [1.165, 1.54) is 6.20 Å². The second-order valence-corrected chi connectivity index (χ2v) is 5.88. The van der Waals surface area contributed by atoms with Crippen LogP contribution < -0.4 is 0 Å².